The minimum Gasteiger partial charge on any atom is -0.455 e. The normalized spacial score (nSPS) is 14.3. The Labute approximate surface area is 256 Å². The van der Waals surface area contributed by atoms with Crippen LogP contribution in [0.5, 0.6) is 0 Å². The molecule has 8 aromatic rings. The van der Waals surface area contributed by atoms with E-state index in [4.69, 9.17) is 4.42 Å². The van der Waals surface area contributed by atoms with E-state index in [9.17, 15) is 0 Å². The predicted molar refractivity (Wildman–Crippen MR) is 178 cm³/mol. The summed E-state index contributed by atoms with van der Waals surface area (Å²) in [4.78, 5) is 0. The van der Waals surface area contributed by atoms with Crippen LogP contribution < -0.4 is 0 Å². The molecule has 1 nitrogen and oxygen atoms in total. The quantitative estimate of drug-likeness (QED) is 0.157. The van der Waals surface area contributed by atoms with Crippen molar-refractivity contribution >= 4 is 85.3 Å². The number of hydrogen-bond acceptors (Lipinski definition) is 2. The third kappa shape index (κ3) is 2.59. The molecule has 1 spiro atoms. The van der Waals surface area contributed by atoms with Gasteiger partial charge in [0.2, 0.25) is 0 Å². The largest absolute Gasteiger partial charge is 0.455 e. The molecule has 0 amide bonds. The fourth-order valence-electron chi connectivity index (χ4n) is 7.75. The zero-order chi connectivity index (χ0) is 27.0. The third-order valence-electron chi connectivity index (χ3n) is 9.21. The summed E-state index contributed by atoms with van der Waals surface area (Å²) in [6.45, 7) is 0. The first-order chi connectivity index (χ1) is 20.2. The van der Waals surface area contributed by atoms with E-state index in [-0.39, 0.29) is 0 Å². The summed E-state index contributed by atoms with van der Waals surface area (Å²) in [5.41, 5.74) is 11.8. The van der Waals surface area contributed by atoms with Crippen LogP contribution in [0.2, 0.25) is 0 Å². The lowest BCUT2D eigenvalue weighted by Crippen LogP contribution is -2.26. The van der Waals surface area contributed by atoms with Crippen LogP contribution in [0.3, 0.4) is 0 Å². The molecule has 0 N–H and O–H groups in total. The van der Waals surface area contributed by atoms with Crippen molar-refractivity contribution in [3.05, 3.63) is 140 Å². The SMILES string of the molecule is Brc1cc2c(c3oc4ccccc4c13)-c1c(cc(Br)c3c1sc1ccccc13)C21c2ccccc2-c2ccccc21. The van der Waals surface area contributed by atoms with Crippen LogP contribution in [0.1, 0.15) is 22.3 Å². The number of benzene rings is 6. The number of thiophene rings is 1. The fraction of sp³-hybridized carbons (Fsp3) is 0.0270. The molecule has 0 aliphatic heterocycles. The number of para-hydroxylation sites is 1. The molecule has 41 heavy (non-hydrogen) atoms. The molecule has 4 heteroatoms. The van der Waals surface area contributed by atoms with Gasteiger partial charge in [-0.1, -0.05) is 117 Å². The van der Waals surface area contributed by atoms with Crippen molar-refractivity contribution < 1.29 is 4.42 Å². The standard InChI is InChI=1S/C37H18Br2OS/c38-27-17-25-33(35-31(27)21-11-3-7-15-29(21)40-35)34-26(18-28(39)32-22-12-4-8-16-30(22)41-36(32)34)37(25)23-13-5-1-9-19(23)20-10-2-6-14-24(20)37/h1-18H. The molecule has 2 aliphatic rings. The average molecular weight is 670 g/mol. The van der Waals surface area contributed by atoms with Gasteiger partial charge in [0.25, 0.3) is 0 Å². The van der Waals surface area contributed by atoms with Gasteiger partial charge in [-0.3, -0.25) is 0 Å². The van der Waals surface area contributed by atoms with E-state index in [1.165, 1.54) is 64.7 Å². The summed E-state index contributed by atoms with van der Waals surface area (Å²) in [5, 5.41) is 4.84. The molecular weight excluding hydrogens is 652 g/mol. The lowest BCUT2D eigenvalue weighted by molar-refractivity contribution is 0.669. The van der Waals surface area contributed by atoms with Crippen molar-refractivity contribution in [2.24, 2.45) is 0 Å². The summed E-state index contributed by atoms with van der Waals surface area (Å²) in [5.74, 6) is 0. The third-order valence-corrected chi connectivity index (χ3v) is 11.7. The Morgan fingerprint density at radius 1 is 0.561 bits per heavy atom. The van der Waals surface area contributed by atoms with Gasteiger partial charge < -0.3 is 4.42 Å². The fourth-order valence-corrected chi connectivity index (χ4v) is 10.4. The van der Waals surface area contributed by atoms with Crippen molar-refractivity contribution in [3.8, 4) is 22.3 Å². The summed E-state index contributed by atoms with van der Waals surface area (Å²) in [6.07, 6.45) is 0. The van der Waals surface area contributed by atoms with Crippen LogP contribution in [-0.4, -0.2) is 0 Å². The van der Waals surface area contributed by atoms with Crippen molar-refractivity contribution in [2.75, 3.05) is 0 Å². The lowest BCUT2D eigenvalue weighted by atomic mass is 9.70. The molecule has 192 valence electrons. The maximum atomic E-state index is 6.83. The first kappa shape index (κ1) is 22.9. The summed E-state index contributed by atoms with van der Waals surface area (Å²) >= 11 is 9.99. The molecule has 0 radical (unpaired) electrons. The van der Waals surface area contributed by atoms with Gasteiger partial charge in [0.1, 0.15) is 11.2 Å². The molecule has 0 unspecified atom stereocenters. The highest BCUT2D eigenvalue weighted by atomic mass is 79.9. The molecular formula is C37H18Br2OS. The van der Waals surface area contributed by atoms with Gasteiger partial charge >= 0.3 is 0 Å². The highest BCUT2D eigenvalue weighted by Gasteiger charge is 2.53. The smallest absolute Gasteiger partial charge is 0.144 e. The number of rotatable bonds is 0. The van der Waals surface area contributed by atoms with Gasteiger partial charge in [-0.05, 0) is 57.6 Å². The molecule has 0 saturated carbocycles. The summed E-state index contributed by atoms with van der Waals surface area (Å²) in [7, 11) is 0. The first-order valence-electron chi connectivity index (χ1n) is 13.7. The Balaban J connectivity index is 1.52. The molecule has 2 aliphatic carbocycles. The number of furan rings is 1. The second-order valence-corrected chi connectivity index (χ2v) is 13.8. The Morgan fingerprint density at radius 2 is 1.15 bits per heavy atom. The van der Waals surface area contributed by atoms with Gasteiger partial charge in [0.05, 0.1) is 5.41 Å². The first-order valence-corrected chi connectivity index (χ1v) is 16.1. The minimum atomic E-state index is -0.458. The second-order valence-electron chi connectivity index (χ2n) is 11.0. The highest BCUT2D eigenvalue weighted by molar-refractivity contribution is 9.11. The molecule has 0 bridgehead atoms. The monoisotopic (exact) mass is 668 g/mol. The minimum absolute atomic E-state index is 0.458. The Hall–Kier alpha value is -3.70. The molecule has 0 fully saturated rings. The van der Waals surface area contributed by atoms with Crippen LogP contribution in [0, 0.1) is 0 Å². The van der Waals surface area contributed by atoms with Crippen LogP contribution in [0.25, 0.3) is 64.4 Å². The van der Waals surface area contributed by atoms with Crippen LogP contribution in [0.4, 0.5) is 0 Å². The molecule has 2 heterocycles. The maximum absolute atomic E-state index is 6.83. The van der Waals surface area contributed by atoms with Crippen LogP contribution in [0.15, 0.2) is 123 Å². The van der Waals surface area contributed by atoms with Crippen molar-refractivity contribution in [1.82, 2.24) is 0 Å². The second kappa shape index (κ2) is 7.77. The molecule has 0 saturated heterocycles. The Morgan fingerprint density at radius 3 is 1.90 bits per heavy atom. The van der Waals surface area contributed by atoms with E-state index < -0.39 is 5.41 Å². The van der Waals surface area contributed by atoms with Gasteiger partial charge in [-0.2, -0.15) is 0 Å². The molecule has 0 atom stereocenters. The van der Waals surface area contributed by atoms with Crippen molar-refractivity contribution in [3.63, 3.8) is 0 Å². The van der Waals surface area contributed by atoms with Gasteiger partial charge in [0.15, 0.2) is 0 Å². The van der Waals surface area contributed by atoms with Crippen LogP contribution >= 0.6 is 43.2 Å². The van der Waals surface area contributed by atoms with Crippen molar-refractivity contribution in [1.29, 1.82) is 0 Å². The topological polar surface area (TPSA) is 13.1 Å². The average Bonchev–Trinajstić information content (AvgIpc) is 3.72. The zero-order valence-corrected chi connectivity index (χ0v) is 25.5. The van der Waals surface area contributed by atoms with Crippen LogP contribution in [-0.2, 0) is 5.41 Å². The van der Waals surface area contributed by atoms with E-state index >= 15 is 0 Å². The van der Waals surface area contributed by atoms with E-state index in [0.29, 0.717) is 0 Å². The summed E-state index contributed by atoms with van der Waals surface area (Å²) < 4.78 is 11.6. The van der Waals surface area contributed by atoms with Gasteiger partial charge in [-0.15, -0.1) is 11.3 Å². The van der Waals surface area contributed by atoms with E-state index in [2.05, 4.69) is 141 Å². The van der Waals surface area contributed by atoms with Crippen molar-refractivity contribution in [2.45, 2.75) is 5.41 Å². The zero-order valence-electron chi connectivity index (χ0n) is 21.5. The lowest BCUT2D eigenvalue weighted by Gasteiger charge is -2.30. The molecule has 10 rings (SSSR count). The summed E-state index contributed by atoms with van der Waals surface area (Å²) in [6, 6.07) is 39.9. The molecule has 2 aromatic heterocycles. The Kier molecular flexibility index (Phi) is 4.34. The van der Waals surface area contributed by atoms with Gasteiger partial charge in [0, 0.05) is 51.0 Å². The molecule has 6 aromatic carbocycles. The predicted octanol–water partition coefficient (Wildman–Crippen LogP) is 11.8. The number of fused-ring (bicyclic) bond motifs is 18. The highest BCUT2D eigenvalue weighted by Crippen LogP contribution is 2.67. The Bertz CT molecular complexity index is 2290. The van der Waals surface area contributed by atoms with Gasteiger partial charge in [-0.25, -0.2) is 0 Å². The maximum Gasteiger partial charge on any atom is 0.144 e. The van der Waals surface area contributed by atoms with E-state index in [1.54, 1.807) is 0 Å². The van der Waals surface area contributed by atoms with E-state index in [0.717, 1.165) is 30.9 Å². The number of halogens is 2. The van der Waals surface area contributed by atoms with E-state index in [1.807, 2.05) is 11.3 Å². The number of hydrogen-bond donors (Lipinski definition) is 0.